The van der Waals surface area contributed by atoms with E-state index in [1.165, 1.54) is 0 Å². The third-order valence-electron chi connectivity index (χ3n) is 2.41. The second kappa shape index (κ2) is 4.72. The van der Waals surface area contributed by atoms with Crippen LogP contribution in [0.3, 0.4) is 0 Å². The highest BCUT2D eigenvalue weighted by Gasteiger charge is 2.08. The molecule has 0 radical (unpaired) electrons. The Morgan fingerprint density at radius 1 is 1.18 bits per heavy atom. The maximum atomic E-state index is 9.43. The molecular formula is C13H13ClN2O. The molecule has 0 saturated heterocycles. The maximum Gasteiger partial charge on any atom is 0.161 e. The fourth-order valence-corrected chi connectivity index (χ4v) is 1.70. The molecule has 0 spiro atoms. The predicted molar refractivity (Wildman–Crippen MR) is 68.2 cm³/mol. The lowest BCUT2D eigenvalue weighted by Gasteiger charge is -2.07. The third kappa shape index (κ3) is 2.74. The normalized spacial score (nSPS) is 10.8. The lowest BCUT2D eigenvalue weighted by molar-refractivity contribution is 0.475. The molecule has 0 aliphatic carbocycles. The summed E-state index contributed by atoms with van der Waals surface area (Å²) in [7, 11) is 0. The predicted octanol–water partition coefficient (Wildman–Crippen LogP) is 3.63. The molecule has 88 valence electrons. The summed E-state index contributed by atoms with van der Waals surface area (Å²) < 4.78 is 0. The van der Waals surface area contributed by atoms with Crippen LogP contribution in [0.25, 0.3) is 11.4 Å². The highest BCUT2D eigenvalue weighted by atomic mass is 35.5. The summed E-state index contributed by atoms with van der Waals surface area (Å²) in [5.74, 6) is 1.01. The maximum absolute atomic E-state index is 9.43. The minimum absolute atomic E-state index is 0.192. The molecule has 0 aliphatic heterocycles. The first-order valence-electron chi connectivity index (χ1n) is 5.40. The molecule has 1 heterocycles. The van der Waals surface area contributed by atoms with E-state index in [1.54, 1.807) is 24.3 Å². The van der Waals surface area contributed by atoms with Gasteiger partial charge in [0.1, 0.15) is 10.9 Å². The van der Waals surface area contributed by atoms with Crippen molar-refractivity contribution in [3.05, 3.63) is 41.2 Å². The summed E-state index contributed by atoms with van der Waals surface area (Å²) in [4.78, 5) is 8.61. The average Bonchev–Trinajstić information content (AvgIpc) is 2.28. The van der Waals surface area contributed by atoms with Crippen molar-refractivity contribution >= 4 is 11.6 Å². The smallest absolute Gasteiger partial charge is 0.161 e. The first-order valence-corrected chi connectivity index (χ1v) is 5.78. The Labute approximate surface area is 105 Å². The number of halogens is 1. The second-order valence-corrected chi connectivity index (χ2v) is 4.53. The van der Waals surface area contributed by atoms with E-state index in [0.717, 1.165) is 11.3 Å². The van der Waals surface area contributed by atoms with Gasteiger partial charge >= 0.3 is 0 Å². The van der Waals surface area contributed by atoms with Crippen LogP contribution in [0.2, 0.25) is 5.15 Å². The van der Waals surface area contributed by atoms with Crippen molar-refractivity contribution in [1.82, 2.24) is 9.97 Å². The molecule has 2 rings (SSSR count). The Kier molecular flexibility index (Phi) is 3.29. The first-order chi connectivity index (χ1) is 8.06. The third-order valence-corrected chi connectivity index (χ3v) is 2.60. The summed E-state index contributed by atoms with van der Waals surface area (Å²) >= 11 is 5.97. The van der Waals surface area contributed by atoms with Gasteiger partial charge in [-0.05, 0) is 24.1 Å². The van der Waals surface area contributed by atoms with Crippen molar-refractivity contribution in [2.45, 2.75) is 19.8 Å². The van der Waals surface area contributed by atoms with E-state index in [0.29, 0.717) is 11.0 Å². The first kappa shape index (κ1) is 11.9. The zero-order valence-corrected chi connectivity index (χ0v) is 10.4. The molecule has 0 amide bonds. The van der Waals surface area contributed by atoms with E-state index in [9.17, 15) is 5.11 Å². The van der Waals surface area contributed by atoms with E-state index < -0.39 is 0 Å². The van der Waals surface area contributed by atoms with Crippen LogP contribution in [0, 0.1) is 0 Å². The van der Waals surface area contributed by atoms with E-state index in [4.69, 9.17) is 11.6 Å². The Morgan fingerprint density at radius 2 is 1.94 bits per heavy atom. The molecule has 1 N–H and O–H groups in total. The molecule has 0 fully saturated rings. The highest BCUT2D eigenvalue weighted by molar-refractivity contribution is 6.29. The molecule has 0 saturated carbocycles. The van der Waals surface area contributed by atoms with Crippen molar-refractivity contribution in [1.29, 1.82) is 0 Å². The van der Waals surface area contributed by atoms with Gasteiger partial charge in [-0.3, -0.25) is 0 Å². The molecular weight excluding hydrogens is 236 g/mol. The van der Waals surface area contributed by atoms with Crippen LogP contribution in [0.4, 0.5) is 0 Å². The van der Waals surface area contributed by atoms with Crippen molar-refractivity contribution in [2.24, 2.45) is 0 Å². The van der Waals surface area contributed by atoms with E-state index in [1.807, 2.05) is 19.9 Å². The number of hydrogen-bond donors (Lipinski definition) is 1. The van der Waals surface area contributed by atoms with Crippen molar-refractivity contribution < 1.29 is 5.11 Å². The molecule has 3 nitrogen and oxygen atoms in total. The molecule has 2 aromatic rings. The molecule has 0 aliphatic rings. The van der Waals surface area contributed by atoms with Gasteiger partial charge in [0.15, 0.2) is 5.82 Å². The van der Waals surface area contributed by atoms with Gasteiger partial charge in [0.25, 0.3) is 0 Å². The van der Waals surface area contributed by atoms with Gasteiger partial charge < -0.3 is 5.11 Å². The Morgan fingerprint density at radius 3 is 2.59 bits per heavy atom. The van der Waals surface area contributed by atoms with Gasteiger partial charge in [-0.15, -0.1) is 0 Å². The van der Waals surface area contributed by atoms with Crippen LogP contribution >= 0.6 is 11.6 Å². The van der Waals surface area contributed by atoms with E-state index in [-0.39, 0.29) is 11.7 Å². The number of hydrogen-bond acceptors (Lipinski definition) is 3. The number of aromatic nitrogens is 2. The zero-order chi connectivity index (χ0) is 12.4. The van der Waals surface area contributed by atoms with Crippen LogP contribution in [-0.2, 0) is 0 Å². The van der Waals surface area contributed by atoms with Gasteiger partial charge in [-0.2, -0.15) is 0 Å². The summed E-state index contributed by atoms with van der Waals surface area (Å²) in [6, 6.07) is 8.59. The van der Waals surface area contributed by atoms with Gasteiger partial charge in [-0.25, -0.2) is 9.97 Å². The number of aromatic hydroxyl groups is 1. The van der Waals surface area contributed by atoms with Crippen molar-refractivity contribution in [2.75, 3.05) is 0 Å². The monoisotopic (exact) mass is 248 g/mol. The van der Waals surface area contributed by atoms with Gasteiger partial charge in [0, 0.05) is 11.3 Å². The topological polar surface area (TPSA) is 46.0 Å². The number of nitrogens with zero attached hydrogens (tertiary/aromatic N) is 2. The summed E-state index contributed by atoms with van der Waals surface area (Å²) in [6.07, 6.45) is 0. The summed E-state index contributed by atoms with van der Waals surface area (Å²) in [6.45, 7) is 4.09. The van der Waals surface area contributed by atoms with Gasteiger partial charge in [0.05, 0.1) is 0 Å². The Bertz CT molecular complexity index is 541. The Hall–Kier alpha value is -1.61. The summed E-state index contributed by atoms with van der Waals surface area (Å²) in [5, 5.41) is 9.85. The van der Waals surface area contributed by atoms with Crippen LogP contribution in [0.15, 0.2) is 30.3 Å². The number of phenols is 1. The highest BCUT2D eigenvalue weighted by Crippen LogP contribution is 2.24. The van der Waals surface area contributed by atoms with Crippen LogP contribution in [-0.4, -0.2) is 15.1 Å². The molecule has 17 heavy (non-hydrogen) atoms. The quantitative estimate of drug-likeness (QED) is 0.826. The number of benzene rings is 1. The van der Waals surface area contributed by atoms with Crippen LogP contribution < -0.4 is 0 Å². The molecule has 0 bridgehead atoms. The minimum atomic E-state index is 0.192. The minimum Gasteiger partial charge on any atom is -0.508 e. The molecule has 0 atom stereocenters. The molecule has 1 aromatic carbocycles. The van der Waals surface area contributed by atoms with Crippen LogP contribution in [0.5, 0.6) is 5.75 Å². The summed E-state index contributed by atoms with van der Waals surface area (Å²) in [5.41, 5.74) is 1.65. The second-order valence-electron chi connectivity index (χ2n) is 4.14. The lowest BCUT2D eigenvalue weighted by atomic mass is 10.1. The van der Waals surface area contributed by atoms with Gasteiger partial charge in [-0.1, -0.05) is 37.6 Å². The van der Waals surface area contributed by atoms with E-state index in [2.05, 4.69) is 9.97 Å². The Balaban J connectivity index is 2.52. The van der Waals surface area contributed by atoms with Crippen LogP contribution in [0.1, 0.15) is 25.5 Å². The van der Waals surface area contributed by atoms with Crippen molar-refractivity contribution in [3.8, 4) is 17.1 Å². The fraction of sp³-hybridized carbons (Fsp3) is 0.231. The van der Waals surface area contributed by atoms with Crippen molar-refractivity contribution in [3.63, 3.8) is 0 Å². The lowest BCUT2D eigenvalue weighted by Crippen LogP contribution is -1.97. The fourth-order valence-electron chi connectivity index (χ4n) is 1.50. The SMILES string of the molecule is CC(C)c1cc(Cl)nc(-c2cccc(O)c2)n1. The molecule has 0 unspecified atom stereocenters. The standard InChI is InChI=1S/C13H13ClN2O/c1-8(2)11-7-12(14)16-13(15-11)9-4-3-5-10(17)6-9/h3-8,17H,1-2H3. The molecule has 4 heteroatoms. The largest absolute Gasteiger partial charge is 0.508 e. The molecule has 1 aromatic heterocycles. The van der Waals surface area contributed by atoms with Gasteiger partial charge in [0.2, 0.25) is 0 Å². The average molecular weight is 249 g/mol. The van der Waals surface area contributed by atoms with E-state index >= 15 is 0 Å². The number of phenolic OH excluding ortho intramolecular Hbond substituents is 1. The zero-order valence-electron chi connectivity index (χ0n) is 9.68. The number of rotatable bonds is 2.